The van der Waals surface area contributed by atoms with Gasteiger partial charge in [0.1, 0.15) is 60.5 Å². The molecule has 28 nitrogen and oxygen atoms in total. The molecule has 3 aliphatic heterocycles. The molecule has 0 spiro atoms. The van der Waals surface area contributed by atoms with E-state index in [0.29, 0.717) is 29.7 Å². The molecule has 6 heterocycles. The fourth-order valence-corrected chi connectivity index (χ4v) is 9.68. The molecule has 8 rings (SSSR count). The molecule has 392 valence electrons. The molecule has 10 atom stereocenters. The number of phosphoric ester groups is 2. The quantitative estimate of drug-likeness (QED) is 0.0451. The molecule has 3 aliphatic rings. The number of aromatic nitrogens is 6. The maximum Gasteiger partial charge on any atom is 0.472 e. The summed E-state index contributed by atoms with van der Waals surface area (Å²) in [5.74, 6) is -1.96. The second kappa shape index (κ2) is 22.4. The SMILES string of the molecule is Nc1ccn([C@@H]2O[C@H](CCOP(=O)(O)O)[C@@H](OP(=O)(O)OC[C@H]3O[C@@H](n4cnc5c(N)ncnc54)C(O)C3OC(=O)[C@@H]3CCCCN3C(=O)OCc3ccc(NC(=O)Cc4ccc(F)cc4)cc3)[C@H]2O)c(=O)n1. The molecule has 3 saturated heterocycles. The van der Waals surface area contributed by atoms with Gasteiger partial charge >= 0.3 is 33.4 Å². The zero-order valence-corrected chi connectivity index (χ0v) is 39.9. The van der Waals surface area contributed by atoms with Crippen LogP contribution in [0.2, 0.25) is 0 Å². The van der Waals surface area contributed by atoms with E-state index in [9.17, 15) is 57.6 Å². The lowest BCUT2D eigenvalue weighted by Crippen LogP contribution is -2.51. The van der Waals surface area contributed by atoms with E-state index in [4.69, 9.17) is 39.5 Å². The molecule has 0 radical (unpaired) electrons. The number of aliphatic hydroxyl groups is 2. The molecular formula is C42H49FN10O18P2. The van der Waals surface area contributed by atoms with Gasteiger partial charge in [-0.3, -0.25) is 32.4 Å². The number of carbonyl (C=O) groups excluding carboxylic acids is 3. The number of ether oxygens (including phenoxy) is 4. The van der Waals surface area contributed by atoms with Crippen LogP contribution in [0.25, 0.3) is 11.2 Å². The third-order valence-corrected chi connectivity index (χ3v) is 13.4. The molecule has 0 saturated carbocycles. The van der Waals surface area contributed by atoms with Crippen LogP contribution >= 0.6 is 15.6 Å². The number of aliphatic hydroxyl groups excluding tert-OH is 2. The van der Waals surface area contributed by atoms with Crippen LogP contribution in [0.15, 0.2) is 78.2 Å². The number of imidazole rings is 1. The molecule has 3 fully saturated rings. The first kappa shape index (κ1) is 53.0. The van der Waals surface area contributed by atoms with Crippen LogP contribution in [0.1, 0.15) is 49.3 Å². The average molecular weight is 1060 g/mol. The summed E-state index contributed by atoms with van der Waals surface area (Å²) in [6, 6.07) is 11.9. The molecule has 73 heavy (non-hydrogen) atoms. The zero-order chi connectivity index (χ0) is 52.2. The number of anilines is 3. The van der Waals surface area contributed by atoms with Crippen LogP contribution < -0.4 is 22.5 Å². The van der Waals surface area contributed by atoms with Gasteiger partial charge in [0.25, 0.3) is 0 Å². The maximum atomic E-state index is 14.1. The van der Waals surface area contributed by atoms with Crippen molar-refractivity contribution in [2.45, 2.75) is 93.8 Å². The van der Waals surface area contributed by atoms with E-state index in [1.54, 1.807) is 24.3 Å². The van der Waals surface area contributed by atoms with Crippen molar-refractivity contribution in [1.29, 1.82) is 0 Å². The first-order chi connectivity index (χ1) is 34.7. The number of nitrogen functional groups attached to an aromatic ring is 2. The second-order valence-corrected chi connectivity index (χ2v) is 19.5. The minimum atomic E-state index is -5.40. The summed E-state index contributed by atoms with van der Waals surface area (Å²) in [4.78, 5) is 99.4. The van der Waals surface area contributed by atoms with E-state index < -0.39 is 114 Å². The lowest BCUT2D eigenvalue weighted by Gasteiger charge is -2.34. The number of likely N-dealkylation sites (tertiary alicyclic amines) is 1. The highest BCUT2D eigenvalue weighted by molar-refractivity contribution is 7.47. The highest BCUT2D eigenvalue weighted by Gasteiger charge is 2.52. The van der Waals surface area contributed by atoms with Gasteiger partial charge in [0.2, 0.25) is 5.91 Å². The molecule has 5 aromatic rings. The Balaban J connectivity index is 0.949. The lowest BCUT2D eigenvalue weighted by atomic mass is 10.0. The molecule has 3 aromatic heterocycles. The number of phosphoric acid groups is 2. The number of nitrogens with two attached hydrogens (primary N) is 2. The Morgan fingerprint density at radius 3 is 2.29 bits per heavy atom. The van der Waals surface area contributed by atoms with Gasteiger partial charge in [-0.15, -0.1) is 0 Å². The summed E-state index contributed by atoms with van der Waals surface area (Å²) in [7, 11) is -10.4. The Bertz CT molecular complexity index is 2950. The smallest absolute Gasteiger partial charge is 0.455 e. The van der Waals surface area contributed by atoms with Gasteiger partial charge in [-0.1, -0.05) is 24.3 Å². The molecule has 0 bridgehead atoms. The van der Waals surface area contributed by atoms with E-state index >= 15 is 0 Å². The van der Waals surface area contributed by atoms with Crippen molar-refractivity contribution in [3.63, 3.8) is 0 Å². The first-order valence-electron chi connectivity index (χ1n) is 22.3. The van der Waals surface area contributed by atoms with Crippen LogP contribution in [-0.2, 0) is 64.3 Å². The van der Waals surface area contributed by atoms with Gasteiger partial charge in [-0.05, 0) is 60.7 Å². The zero-order valence-electron chi connectivity index (χ0n) is 38.1. The van der Waals surface area contributed by atoms with Crippen LogP contribution in [0.5, 0.6) is 0 Å². The molecule has 2 aromatic carbocycles. The van der Waals surface area contributed by atoms with E-state index in [-0.39, 0.29) is 54.7 Å². The fraction of sp³-hybridized carbons (Fsp3) is 0.429. The topological polar surface area (TPSA) is 397 Å². The van der Waals surface area contributed by atoms with Crippen molar-refractivity contribution < 1.29 is 85.3 Å². The van der Waals surface area contributed by atoms with Gasteiger partial charge in [-0.2, -0.15) is 4.98 Å². The van der Waals surface area contributed by atoms with Gasteiger partial charge in [0.05, 0.1) is 32.1 Å². The number of nitrogens with one attached hydrogen (secondary N) is 1. The average Bonchev–Trinajstić information content (AvgIpc) is 4.01. The summed E-state index contributed by atoms with van der Waals surface area (Å²) in [5, 5.41) is 25.8. The Morgan fingerprint density at radius 2 is 1.56 bits per heavy atom. The van der Waals surface area contributed by atoms with Crippen molar-refractivity contribution in [2.75, 3.05) is 36.5 Å². The Labute approximate surface area is 411 Å². The maximum absolute atomic E-state index is 14.1. The molecule has 31 heteroatoms. The third-order valence-electron chi connectivity index (χ3n) is 11.9. The van der Waals surface area contributed by atoms with E-state index in [2.05, 4.69) is 29.8 Å². The van der Waals surface area contributed by atoms with Gasteiger partial charge in [-0.25, -0.2) is 42.9 Å². The number of halogens is 1. The van der Waals surface area contributed by atoms with Crippen molar-refractivity contribution in [3.8, 4) is 0 Å². The summed E-state index contributed by atoms with van der Waals surface area (Å²) in [6.07, 6.45) is -10.2. The largest absolute Gasteiger partial charge is 0.472 e. The number of amides is 2. The van der Waals surface area contributed by atoms with Crippen molar-refractivity contribution in [1.82, 2.24) is 34.0 Å². The van der Waals surface area contributed by atoms with E-state index in [0.717, 1.165) is 22.0 Å². The van der Waals surface area contributed by atoms with E-state index in [1.807, 2.05) is 0 Å². The minimum absolute atomic E-state index is 0.0134. The third kappa shape index (κ3) is 12.9. The number of fused-ring (bicyclic) bond motifs is 1. The Kier molecular flexibility index (Phi) is 16.3. The van der Waals surface area contributed by atoms with Crippen LogP contribution in [0.4, 0.5) is 26.5 Å². The highest BCUT2D eigenvalue weighted by atomic mass is 31.2. The second-order valence-electron chi connectivity index (χ2n) is 16.9. The number of benzene rings is 2. The van der Waals surface area contributed by atoms with Crippen LogP contribution in [-0.4, -0.2) is 139 Å². The summed E-state index contributed by atoms with van der Waals surface area (Å²) in [6.45, 7) is -1.82. The Morgan fingerprint density at radius 1 is 0.863 bits per heavy atom. The normalized spacial score (nSPS) is 25.1. The van der Waals surface area contributed by atoms with Crippen LogP contribution in [0, 0.1) is 5.82 Å². The van der Waals surface area contributed by atoms with Crippen molar-refractivity contribution in [3.05, 3.63) is 101 Å². The highest BCUT2D eigenvalue weighted by Crippen LogP contribution is 2.50. The van der Waals surface area contributed by atoms with Crippen LogP contribution in [0.3, 0.4) is 0 Å². The monoisotopic (exact) mass is 1060 g/mol. The number of esters is 1. The number of carbonyl (C=O) groups is 3. The molecule has 2 amide bonds. The van der Waals surface area contributed by atoms with E-state index in [1.165, 1.54) is 41.2 Å². The van der Waals surface area contributed by atoms with Crippen molar-refractivity contribution >= 4 is 62.1 Å². The number of piperidine rings is 1. The summed E-state index contributed by atoms with van der Waals surface area (Å²) >= 11 is 0. The van der Waals surface area contributed by atoms with Crippen molar-refractivity contribution in [2.24, 2.45) is 0 Å². The number of rotatable bonds is 18. The summed E-state index contributed by atoms with van der Waals surface area (Å²) < 4.78 is 78.9. The lowest BCUT2D eigenvalue weighted by molar-refractivity contribution is -0.163. The molecule has 3 unspecified atom stereocenters. The van der Waals surface area contributed by atoms with Gasteiger partial charge < -0.3 is 60.6 Å². The predicted molar refractivity (Wildman–Crippen MR) is 245 cm³/mol. The fourth-order valence-electron chi connectivity index (χ4n) is 8.37. The minimum Gasteiger partial charge on any atom is -0.455 e. The van der Waals surface area contributed by atoms with Gasteiger partial charge in [0, 0.05) is 24.8 Å². The standard InChI is InChI=1S/C42H49FN10O18P2/c43-24-8-4-22(5-9-24)17-30(54)49-25-10-6-23(7-11-25)18-65-42(59)51-14-2-1-3-26(51)40(57)70-34-28(69-39(32(34)55)53-21-48-31-36(45)46-20-47-37(31)53)19-67-73(63,64)71-35-27(13-16-66-72(60,61)62)68-38(33(35)56)52-15-12-29(44)50-41(52)58/h4-12,15,20-21,26-28,32-35,38-39,55-56H,1-3,13-14,16-19H2,(H,49,54)(H,63,64)(H2,44,50,58)(H2,45,46,47)(H2,60,61,62)/t26-,27+,28+,32?,33+,34?,35+,38+,39+/m0/s1. The molecular weight excluding hydrogens is 1010 g/mol. The predicted octanol–water partition coefficient (Wildman–Crippen LogP) is 1.19. The first-order valence-corrected chi connectivity index (χ1v) is 25.3. The van der Waals surface area contributed by atoms with Gasteiger partial charge in [0.15, 0.2) is 30.0 Å². The number of hydrogen-bond acceptors (Lipinski definition) is 21. The number of nitrogens with zero attached hydrogens (tertiary/aromatic N) is 7. The molecule has 0 aliphatic carbocycles. The summed E-state index contributed by atoms with van der Waals surface area (Å²) in [5.41, 5.74) is 12.4. The molecule has 10 N–H and O–H groups in total. The number of hydrogen-bond donors (Lipinski definition) is 8. The Hall–Kier alpha value is -6.33.